The molecule has 1 N–H and O–H groups in total. The van der Waals surface area contributed by atoms with Gasteiger partial charge < -0.3 is 19.7 Å². The van der Waals surface area contributed by atoms with Gasteiger partial charge in [-0.25, -0.2) is 15.0 Å². The zero-order valence-corrected chi connectivity index (χ0v) is 20.3. The lowest BCUT2D eigenvalue weighted by atomic mass is 9.92. The van der Waals surface area contributed by atoms with Gasteiger partial charge in [-0.3, -0.25) is 4.79 Å². The second-order valence-corrected chi connectivity index (χ2v) is 10.6. The highest BCUT2D eigenvalue weighted by molar-refractivity contribution is 5.84. The van der Waals surface area contributed by atoms with Crippen LogP contribution >= 0.6 is 0 Å². The molecule has 2 aromatic heterocycles. The van der Waals surface area contributed by atoms with Gasteiger partial charge in [0.2, 0.25) is 5.91 Å². The maximum atomic E-state index is 12.8. The molecule has 2 aromatic rings. The number of hydrogen-bond acceptors (Lipinski definition) is 6. The topological polar surface area (TPSA) is 79.2 Å². The number of carbonyl (C=O) groups is 1. The maximum Gasteiger partial charge on any atom is 0.223 e. The highest BCUT2D eigenvalue weighted by Crippen LogP contribution is 2.29. The Hall–Kier alpha value is -2.22. The van der Waals surface area contributed by atoms with Gasteiger partial charge in [0.1, 0.15) is 12.2 Å². The molecule has 0 unspecified atom stereocenters. The molecule has 0 bridgehead atoms. The van der Waals surface area contributed by atoms with E-state index in [4.69, 9.17) is 4.98 Å². The van der Waals surface area contributed by atoms with Crippen molar-refractivity contribution in [1.82, 2.24) is 29.7 Å². The van der Waals surface area contributed by atoms with Crippen LogP contribution in [0.25, 0.3) is 11.2 Å². The van der Waals surface area contributed by atoms with Crippen LogP contribution in [0.3, 0.4) is 0 Å². The molecular formula is C25H39N7O. The molecule has 0 saturated carbocycles. The van der Waals surface area contributed by atoms with Crippen LogP contribution in [-0.2, 0) is 17.8 Å². The van der Waals surface area contributed by atoms with Crippen LogP contribution in [0.5, 0.6) is 0 Å². The summed E-state index contributed by atoms with van der Waals surface area (Å²) in [6, 6.07) is 0. The fourth-order valence-corrected chi connectivity index (χ4v) is 6.17. The van der Waals surface area contributed by atoms with E-state index in [1.54, 1.807) is 6.33 Å². The van der Waals surface area contributed by atoms with E-state index < -0.39 is 0 Å². The summed E-state index contributed by atoms with van der Waals surface area (Å²) in [5.41, 5.74) is 1.90. The zero-order chi connectivity index (χ0) is 22.8. The summed E-state index contributed by atoms with van der Waals surface area (Å²) in [7, 11) is 0. The van der Waals surface area contributed by atoms with Crippen molar-refractivity contribution in [1.29, 1.82) is 0 Å². The Morgan fingerprint density at radius 3 is 2.64 bits per heavy atom. The zero-order valence-electron chi connectivity index (χ0n) is 20.3. The molecule has 0 aliphatic carbocycles. The SMILES string of the molecule is C[C@@H]1C[C@@H](C)CN(CCNC(=O)C2CCN(c3ncnc4c3nc3n4CCCCC3)CC2)C1. The lowest BCUT2D eigenvalue weighted by molar-refractivity contribution is -0.125. The number of aromatic nitrogens is 4. The number of imidazole rings is 1. The van der Waals surface area contributed by atoms with Crippen molar-refractivity contribution in [2.24, 2.45) is 17.8 Å². The van der Waals surface area contributed by atoms with Crippen LogP contribution in [0.15, 0.2) is 6.33 Å². The minimum atomic E-state index is 0.0940. The highest BCUT2D eigenvalue weighted by Gasteiger charge is 2.28. The van der Waals surface area contributed by atoms with Gasteiger partial charge in [0, 0.05) is 58.2 Å². The first-order valence-corrected chi connectivity index (χ1v) is 13.0. The number of fused-ring (bicyclic) bond motifs is 3. The molecule has 1 amide bonds. The first-order valence-electron chi connectivity index (χ1n) is 13.0. The van der Waals surface area contributed by atoms with E-state index in [1.165, 1.54) is 25.7 Å². The van der Waals surface area contributed by atoms with E-state index in [0.29, 0.717) is 0 Å². The first kappa shape index (κ1) is 22.6. The lowest BCUT2D eigenvalue weighted by Crippen LogP contribution is -2.45. The van der Waals surface area contributed by atoms with Gasteiger partial charge in [-0.05, 0) is 43.9 Å². The average Bonchev–Trinajstić information content (AvgIpc) is 2.99. The van der Waals surface area contributed by atoms with Crippen LogP contribution in [-0.4, -0.2) is 69.6 Å². The third-order valence-corrected chi connectivity index (χ3v) is 7.71. The van der Waals surface area contributed by atoms with Gasteiger partial charge in [-0.1, -0.05) is 20.3 Å². The summed E-state index contributed by atoms with van der Waals surface area (Å²) in [6.45, 7) is 11.4. The third-order valence-electron chi connectivity index (χ3n) is 7.71. The molecule has 2 atom stereocenters. The van der Waals surface area contributed by atoms with Crippen molar-refractivity contribution >= 4 is 22.9 Å². The van der Waals surface area contributed by atoms with Crippen molar-refractivity contribution in [2.75, 3.05) is 44.2 Å². The number of likely N-dealkylation sites (tertiary alicyclic amines) is 1. The lowest BCUT2D eigenvalue weighted by Gasteiger charge is -2.35. The summed E-state index contributed by atoms with van der Waals surface area (Å²) in [5, 5.41) is 3.21. The molecular weight excluding hydrogens is 414 g/mol. The maximum absolute atomic E-state index is 12.8. The Morgan fingerprint density at radius 2 is 1.85 bits per heavy atom. The van der Waals surface area contributed by atoms with Crippen molar-refractivity contribution < 1.29 is 4.79 Å². The smallest absolute Gasteiger partial charge is 0.223 e. The molecule has 3 aliphatic rings. The molecule has 5 heterocycles. The summed E-state index contributed by atoms with van der Waals surface area (Å²) in [5.74, 6) is 3.91. The summed E-state index contributed by atoms with van der Waals surface area (Å²) >= 11 is 0. The van der Waals surface area contributed by atoms with Crippen LogP contribution in [0.2, 0.25) is 0 Å². The fourth-order valence-electron chi connectivity index (χ4n) is 6.17. The van der Waals surface area contributed by atoms with E-state index in [9.17, 15) is 4.79 Å². The van der Waals surface area contributed by atoms with E-state index >= 15 is 0 Å². The minimum absolute atomic E-state index is 0.0940. The second-order valence-electron chi connectivity index (χ2n) is 10.6. The summed E-state index contributed by atoms with van der Waals surface area (Å²) in [4.78, 5) is 31.7. The van der Waals surface area contributed by atoms with E-state index in [1.807, 2.05) is 0 Å². The Bertz CT molecular complexity index is 955. The van der Waals surface area contributed by atoms with Crippen molar-refractivity contribution in [3.05, 3.63) is 12.2 Å². The van der Waals surface area contributed by atoms with Crippen LogP contribution in [0.4, 0.5) is 5.82 Å². The van der Waals surface area contributed by atoms with E-state index in [2.05, 4.69) is 43.5 Å². The Labute approximate surface area is 197 Å². The van der Waals surface area contributed by atoms with Gasteiger partial charge in [0.25, 0.3) is 0 Å². The molecule has 0 aromatic carbocycles. The number of hydrogen-bond donors (Lipinski definition) is 1. The second kappa shape index (κ2) is 9.95. The van der Waals surface area contributed by atoms with E-state index in [0.717, 1.165) is 99.7 Å². The standard InChI is InChI=1S/C25H39N7O/c1-18-14-19(2)16-30(15-18)13-9-26-25(33)20-7-11-31(12-8-20)23-22-24(28-17-27-23)32-10-5-3-4-6-21(32)29-22/h17-20H,3-16H2,1-2H3,(H,26,33)/t18-,19-/m1/s1. The summed E-state index contributed by atoms with van der Waals surface area (Å²) in [6.07, 6.45) is 9.39. The quantitative estimate of drug-likeness (QED) is 0.750. The van der Waals surface area contributed by atoms with Gasteiger partial charge >= 0.3 is 0 Å². The van der Waals surface area contributed by atoms with Crippen molar-refractivity contribution in [2.45, 2.75) is 65.3 Å². The molecule has 8 nitrogen and oxygen atoms in total. The number of anilines is 1. The van der Waals surface area contributed by atoms with Crippen molar-refractivity contribution in [3.63, 3.8) is 0 Å². The number of carbonyl (C=O) groups excluding carboxylic acids is 1. The number of rotatable bonds is 5. The minimum Gasteiger partial charge on any atom is -0.355 e. The predicted molar refractivity (Wildman–Crippen MR) is 130 cm³/mol. The molecule has 2 saturated heterocycles. The molecule has 3 aliphatic heterocycles. The van der Waals surface area contributed by atoms with Gasteiger partial charge in [0.15, 0.2) is 17.0 Å². The molecule has 5 rings (SSSR count). The molecule has 180 valence electrons. The van der Waals surface area contributed by atoms with Gasteiger partial charge in [0.05, 0.1) is 0 Å². The Morgan fingerprint density at radius 1 is 1.06 bits per heavy atom. The number of nitrogens with zero attached hydrogens (tertiary/aromatic N) is 6. The predicted octanol–water partition coefficient (Wildman–Crippen LogP) is 2.86. The average molecular weight is 454 g/mol. The molecule has 2 fully saturated rings. The largest absolute Gasteiger partial charge is 0.355 e. The number of aryl methyl sites for hydroxylation is 2. The third kappa shape index (κ3) is 5.00. The summed E-state index contributed by atoms with van der Waals surface area (Å²) < 4.78 is 2.29. The monoisotopic (exact) mass is 453 g/mol. The van der Waals surface area contributed by atoms with Crippen LogP contribution < -0.4 is 10.2 Å². The molecule has 33 heavy (non-hydrogen) atoms. The molecule has 8 heteroatoms. The number of amides is 1. The number of nitrogens with one attached hydrogen (secondary N) is 1. The molecule has 0 radical (unpaired) electrons. The number of piperidine rings is 2. The van der Waals surface area contributed by atoms with Gasteiger partial charge in [-0.15, -0.1) is 0 Å². The fraction of sp³-hybridized carbons (Fsp3) is 0.760. The van der Waals surface area contributed by atoms with Crippen LogP contribution in [0, 0.1) is 17.8 Å². The van der Waals surface area contributed by atoms with Gasteiger partial charge in [-0.2, -0.15) is 0 Å². The first-order chi connectivity index (χ1) is 16.1. The molecule has 0 spiro atoms. The normalized spacial score (nSPS) is 25.1. The highest BCUT2D eigenvalue weighted by atomic mass is 16.1. The van der Waals surface area contributed by atoms with Crippen LogP contribution in [0.1, 0.15) is 58.2 Å². The Kier molecular flexibility index (Phi) is 6.81. The van der Waals surface area contributed by atoms with E-state index in [-0.39, 0.29) is 11.8 Å². The Balaban J connectivity index is 1.15. The van der Waals surface area contributed by atoms with Crippen molar-refractivity contribution in [3.8, 4) is 0 Å².